The predicted octanol–water partition coefficient (Wildman–Crippen LogP) is 3.90. The van der Waals surface area contributed by atoms with Crippen LogP contribution in [0.1, 0.15) is 31.4 Å². The first-order valence-electron chi connectivity index (χ1n) is 4.95. The van der Waals surface area contributed by atoms with E-state index in [-0.39, 0.29) is 5.78 Å². The summed E-state index contributed by atoms with van der Waals surface area (Å²) in [4.78, 5) is 11.9. The van der Waals surface area contributed by atoms with Gasteiger partial charge in [-0.25, -0.2) is 0 Å². The first kappa shape index (κ1) is 11.2. The molecule has 0 atom stereocenters. The van der Waals surface area contributed by atoms with Crippen molar-refractivity contribution in [2.75, 3.05) is 0 Å². The van der Waals surface area contributed by atoms with Crippen molar-refractivity contribution < 1.29 is 4.79 Å². The summed E-state index contributed by atoms with van der Waals surface area (Å²) in [5.41, 5.74) is 1.73. The number of carbonyl (C=O) groups excluding carboxylic acids is 1. The van der Waals surface area contributed by atoms with Crippen LogP contribution in [0.3, 0.4) is 0 Å². The van der Waals surface area contributed by atoms with Gasteiger partial charge in [-0.2, -0.15) is 0 Å². The van der Waals surface area contributed by atoms with Gasteiger partial charge in [0, 0.05) is 15.9 Å². The Morgan fingerprint density at radius 3 is 2.67 bits per heavy atom. The minimum atomic E-state index is -0.450. The summed E-state index contributed by atoms with van der Waals surface area (Å²) in [6, 6.07) is 3.80. The normalized spacial score (nSPS) is 18.8. The van der Waals surface area contributed by atoms with E-state index < -0.39 is 5.41 Å². The van der Waals surface area contributed by atoms with E-state index in [0.717, 1.165) is 16.5 Å². The van der Waals surface area contributed by atoms with Crippen LogP contribution in [0.4, 0.5) is 0 Å². The van der Waals surface area contributed by atoms with Gasteiger partial charge < -0.3 is 0 Å². The van der Waals surface area contributed by atoms with E-state index in [0.29, 0.717) is 11.4 Å². The molecule has 0 saturated heterocycles. The number of hydrogen-bond donors (Lipinski definition) is 0. The molecule has 15 heavy (non-hydrogen) atoms. The Labute approximate surface area is 103 Å². The van der Waals surface area contributed by atoms with Crippen LogP contribution in [0.2, 0.25) is 5.02 Å². The fourth-order valence-corrected chi connectivity index (χ4v) is 3.15. The molecule has 1 aliphatic rings. The number of carbonyl (C=O) groups is 1. The van der Waals surface area contributed by atoms with E-state index in [1.165, 1.54) is 5.56 Å². The lowest BCUT2D eigenvalue weighted by Gasteiger charge is -2.32. The molecule has 1 aliphatic carbocycles. The van der Waals surface area contributed by atoms with Crippen LogP contribution in [-0.4, -0.2) is 5.78 Å². The Hall–Kier alpha value is -0.340. The third-order valence-electron chi connectivity index (χ3n) is 3.13. The van der Waals surface area contributed by atoms with Crippen molar-refractivity contribution in [3.63, 3.8) is 0 Å². The highest BCUT2D eigenvalue weighted by Crippen LogP contribution is 2.41. The zero-order valence-corrected chi connectivity index (χ0v) is 11.1. The molecule has 2 rings (SSSR count). The molecule has 0 bridgehead atoms. The maximum atomic E-state index is 11.9. The summed E-state index contributed by atoms with van der Waals surface area (Å²) >= 11 is 9.71. The Bertz CT molecular complexity index is 437. The second-order valence-corrected chi connectivity index (χ2v) is 5.69. The van der Waals surface area contributed by atoms with Crippen molar-refractivity contribution >= 4 is 33.3 Å². The molecule has 1 aromatic carbocycles. The van der Waals surface area contributed by atoms with E-state index in [1.54, 1.807) is 0 Å². The average molecular weight is 288 g/mol. The zero-order chi connectivity index (χ0) is 11.2. The summed E-state index contributed by atoms with van der Waals surface area (Å²) in [5.74, 6) is 0.273. The Balaban J connectivity index is 2.73. The number of benzene rings is 1. The fraction of sp³-hybridized carbons (Fsp3) is 0.417. The highest BCUT2D eigenvalue weighted by molar-refractivity contribution is 9.10. The number of Topliss-reactive ketones (excluding diaryl/α,β-unsaturated/α-hetero) is 1. The van der Waals surface area contributed by atoms with Crippen LogP contribution in [0.25, 0.3) is 0 Å². The van der Waals surface area contributed by atoms with Gasteiger partial charge in [0.1, 0.15) is 5.78 Å². The number of ketones is 1. The first-order chi connectivity index (χ1) is 6.94. The quantitative estimate of drug-likeness (QED) is 0.707. The van der Waals surface area contributed by atoms with Crippen LogP contribution >= 0.6 is 27.5 Å². The number of rotatable bonds is 0. The van der Waals surface area contributed by atoms with E-state index in [9.17, 15) is 4.79 Å². The van der Waals surface area contributed by atoms with E-state index in [4.69, 9.17) is 11.6 Å². The Kier molecular flexibility index (Phi) is 2.68. The smallest absolute Gasteiger partial charge is 0.143 e. The molecule has 0 heterocycles. The summed E-state index contributed by atoms with van der Waals surface area (Å²) in [6.45, 7) is 3.90. The van der Waals surface area contributed by atoms with Gasteiger partial charge in [0.15, 0.2) is 0 Å². The van der Waals surface area contributed by atoms with E-state index in [2.05, 4.69) is 15.9 Å². The van der Waals surface area contributed by atoms with Crippen LogP contribution in [0, 0.1) is 0 Å². The molecular formula is C12H12BrClO. The van der Waals surface area contributed by atoms with E-state index >= 15 is 0 Å². The van der Waals surface area contributed by atoms with Gasteiger partial charge in [0.2, 0.25) is 0 Å². The zero-order valence-electron chi connectivity index (χ0n) is 8.73. The van der Waals surface area contributed by atoms with Gasteiger partial charge in [-0.15, -0.1) is 0 Å². The van der Waals surface area contributed by atoms with Gasteiger partial charge in [-0.3, -0.25) is 4.79 Å². The van der Waals surface area contributed by atoms with Crippen LogP contribution < -0.4 is 0 Å². The molecule has 0 fully saturated rings. The number of fused-ring (bicyclic) bond motifs is 1. The predicted molar refractivity (Wildman–Crippen MR) is 65.5 cm³/mol. The molecule has 80 valence electrons. The summed E-state index contributed by atoms with van der Waals surface area (Å²) in [6.07, 6.45) is 1.40. The second kappa shape index (κ2) is 3.60. The second-order valence-electron chi connectivity index (χ2n) is 4.43. The molecule has 0 amide bonds. The van der Waals surface area contributed by atoms with Crippen molar-refractivity contribution in [3.05, 3.63) is 32.8 Å². The number of hydrogen-bond acceptors (Lipinski definition) is 1. The lowest BCUT2D eigenvalue weighted by atomic mass is 9.72. The Morgan fingerprint density at radius 2 is 2.00 bits per heavy atom. The largest absolute Gasteiger partial charge is 0.299 e. The fourth-order valence-electron chi connectivity index (χ4n) is 2.20. The number of halogens is 2. The topological polar surface area (TPSA) is 17.1 Å². The highest BCUT2D eigenvalue weighted by Gasteiger charge is 2.37. The van der Waals surface area contributed by atoms with Crippen LogP contribution in [0.15, 0.2) is 16.6 Å². The standard InChI is InChI=1S/C12H12BrClO/c1-12(2)10(15)6-3-7-8(13)4-5-9(14)11(7)12/h4-5H,3,6H2,1-2H3. The van der Waals surface area contributed by atoms with E-state index in [1.807, 2.05) is 26.0 Å². The molecule has 3 heteroatoms. The molecule has 0 N–H and O–H groups in total. The SMILES string of the molecule is CC1(C)C(=O)CCc2c(Br)ccc(Cl)c21. The first-order valence-corrected chi connectivity index (χ1v) is 6.12. The van der Waals surface area contributed by atoms with Crippen molar-refractivity contribution in [2.24, 2.45) is 0 Å². The average Bonchev–Trinajstić information content (AvgIpc) is 2.16. The molecular weight excluding hydrogens is 275 g/mol. The maximum Gasteiger partial charge on any atom is 0.143 e. The summed E-state index contributed by atoms with van der Waals surface area (Å²) in [5, 5.41) is 0.700. The van der Waals surface area contributed by atoms with Gasteiger partial charge in [-0.05, 0) is 43.5 Å². The molecule has 0 saturated carbocycles. The summed E-state index contributed by atoms with van der Waals surface area (Å²) < 4.78 is 1.06. The minimum Gasteiger partial charge on any atom is -0.299 e. The monoisotopic (exact) mass is 286 g/mol. The van der Waals surface area contributed by atoms with Crippen molar-refractivity contribution in [1.82, 2.24) is 0 Å². The Morgan fingerprint density at radius 1 is 1.33 bits per heavy atom. The summed E-state index contributed by atoms with van der Waals surface area (Å²) in [7, 11) is 0. The highest BCUT2D eigenvalue weighted by atomic mass is 79.9. The molecule has 0 unspecified atom stereocenters. The van der Waals surface area contributed by atoms with Crippen molar-refractivity contribution in [3.8, 4) is 0 Å². The lowest BCUT2D eigenvalue weighted by molar-refractivity contribution is -0.124. The minimum absolute atomic E-state index is 0.273. The van der Waals surface area contributed by atoms with Gasteiger partial charge in [0.05, 0.1) is 5.41 Å². The molecule has 0 aliphatic heterocycles. The molecule has 1 aromatic rings. The lowest BCUT2D eigenvalue weighted by Crippen LogP contribution is -2.34. The van der Waals surface area contributed by atoms with Crippen LogP contribution in [-0.2, 0) is 16.6 Å². The third-order valence-corrected chi connectivity index (χ3v) is 4.19. The van der Waals surface area contributed by atoms with Gasteiger partial charge in [-0.1, -0.05) is 27.5 Å². The third kappa shape index (κ3) is 1.64. The maximum absolute atomic E-state index is 11.9. The van der Waals surface area contributed by atoms with Crippen molar-refractivity contribution in [1.29, 1.82) is 0 Å². The molecule has 0 radical (unpaired) electrons. The molecule has 1 nitrogen and oxygen atoms in total. The van der Waals surface area contributed by atoms with Crippen LogP contribution in [0.5, 0.6) is 0 Å². The van der Waals surface area contributed by atoms with Gasteiger partial charge >= 0.3 is 0 Å². The van der Waals surface area contributed by atoms with Crippen molar-refractivity contribution in [2.45, 2.75) is 32.1 Å². The molecule has 0 spiro atoms. The van der Waals surface area contributed by atoms with Gasteiger partial charge in [0.25, 0.3) is 0 Å². The molecule has 0 aromatic heterocycles.